The van der Waals surface area contributed by atoms with Gasteiger partial charge in [-0.2, -0.15) is 0 Å². The van der Waals surface area contributed by atoms with Gasteiger partial charge in [-0.3, -0.25) is 4.79 Å². The van der Waals surface area contributed by atoms with E-state index < -0.39 is 5.82 Å². The molecule has 1 aromatic heterocycles. The quantitative estimate of drug-likeness (QED) is 0.409. The van der Waals surface area contributed by atoms with Crippen LogP contribution in [0.5, 0.6) is 5.75 Å². The SMILES string of the molecule is C=CC(=O)N1CCN(C2=NCN(c3ccccc3C(C)C)c3nc(-c4c(O)cccc4F)c(Cl)cc32)C(C)C1. The predicted molar refractivity (Wildman–Crippen MR) is 153 cm³/mol. The molecule has 3 aromatic rings. The minimum Gasteiger partial charge on any atom is -0.507 e. The lowest BCUT2D eigenvalue weighted by atomic mass is 9.99. The van der Waals surface area contributed by atoms with E-state index in [1.54, 1.807) is 11.0 Å². The van der Waals surface area contributed by atoms with Crippen LogP contribution in [0.4, 0.5) is 15.9 Å². The van der Waals surface area contributed by atoms with Crippen LogP contribution in [0.25, 0.3) is 11.3 Å². The van der Waals surface area contributed by atoms with Crippen LogP contribution < -0.4 is 4.90 Å². The van der Waals surface area contributed by atoms with E-state index in [9.17, 15) is 14.3 Å². The Morgan fingerprint density at radius 1 is 1.21 bits per heavy atom. The van der Waals surface area contributed by atoms with E-state index >= 15 is 0 Å². The number of amides is 1. The van der Waals surface area contributed by atoms with Crippen molar-refractivity contribution in [3.63, 3.8) is 0 Å². The number of aromatic nitrogens is 1. The first-order valence-corrected chi connectivity index (χ1v) is 13.4. The van der Waals surface area contributed by atoms with Gasteiger partial charge in [-0.1, -0.05) is 56.3 Å². The molecule has 0 bridgehead atoms. The molecular formula is C30H31ClFN5O2. The normalized spacial score (nSPS) is 17.2. The van der Waals surface area contributed by atoms with Gasteiger partial charge in [-0.25, -0.2) is 14.4 Å². The van der Waals surface area contributed by atoms with E-state index in [1.807, 2.05) is 30.0 Å². The zero-order valence-electron chi connectivity index (χ0n) is 22.2. The van der Waals surface area contributed by atoms with Gasteiger partial charge in [0.05, 0.1) is 21.8 Å². The molecule has 9 heteroatoms. The van der Waals surface area contributed by atoms with Gasteiger partial charge in [0.25, 0.3) is 0 Å². The van der Waals surface area contributed by atoms with E-state index in [4.69, 9.17) is 21.6 Å². The number of carbonyl (C=O) groups is 1. The van der Waals surface area contributed by atoms with Crippen molar-refractivity contribution in [2.45, 2.75) is 32.7 Å². The molecule has 0 aliphatic carbocycles. The molecule has 0 radical (unpaired) electrons. The van der Waals surface area contributed by atoms with Gasteiger partial charge in [-0.05, 0) is 48.7 Å². The van der Waals surface area contributed by atoms with Gasteiger partial charge in [0.2, 0.25) is 5.91 Å². The highest BCUT2D eigenvalue weighted by Gasteiger charge is 2.34. The van der Waals surface area contributed by atoms with Gasteiger partial charge in [0.1, 0.15) is 29.9 Å². The largest absolute Gasteiger partial charge is 0.507 e. The second-order valence-corrected chi connectivity index (χ2v) is 10.5. The lowest BCUT2D eigenvalue weighted by molar-refractivity contribution is -0.128. The molecular weight excluding hydrogens is 517 g/mol. The van der Waals surface area contributed by atoms with Gasteiger partial charge in [0.15, 0.2) is 0 Å². The van der Waals surface area contributed by atoms with Gasteiger partial charge in [-0.15, -0.1) is 0 Å². The third kappa shape index (κ3) is 4.85. The number of aliphatic imine (C=N–C) groups is 1. The van der Waals surface area contributed by atoms with Crippen LogP contribution >= 0.6 is 11.6 Å². The molecule has 0 spiro atoms. The molecule has 1 saturated heterocycles. The molecule has 1 amide bonds. The number of hydrogen-bond acceptors (Lipinski definition) is 6. The molecule has 2 aliphatic rings. The van der Waals surface area contributed by atoms with Crippen LogP contribution in [-0.4, -0.2) is 64.0 Å². The van der Waals surface area contributed by atoms with Crippen LogP contribution in [-0.2, 0) is 4.79 Å². The van der Waals surface area contributed by atoms with Crippen LogP contribution in [0.2, 0.25) is 5.02 Å². The number of nitrogens with zero attached hydrogens (tertiary/aromatic N) is 5. The number of fused-ring (bicyclic) bond motifs is 1. The molecule has 39 heavy (non-hydrogen) atoms. The average molecular weight is 548 g/mol. The molecule has 1 fully saturated rings. The van der Waals surface area contributed by atoms with E-state index in [0.717, 1.165) is 17.1 Å². The topological polar surface area (TPSA) is 72.3 Å². The maximum Gasteiger partial charge on any atom is 0.246 e. The summed E-state index contributed by atoms with van der Waals surface area (Å²) in [4.78, 5) is 28.1. The Morgan fingerprint density at radius 2 is 1.97 bits per heavy atom. The van der Waals surface area contributed by atoms with Crippen molar-refractivity contribution in [2.75, 3.05) is 31.2 Å². The maximum atomic E-state index is 14.9. The number of anilines is 2. The molecule has 2 aliphatic heterocycles. The Labute approximate surface area is 232 Å². The molecule has 5 rings (SSSR count). The molecule has 0 saturated carbocycles. The van der Waals surface area contributed by atoms with Crippen LogP contribution in [0.3, 0.4) is 0 Å². The summed E-state index contributed by atoms with van der Waals surface area (Å²) in [5.74, 6) is 0.600. The van der Waals surface area contributed by atoms with Gasteiger partial charge < -0.3 is 19.8 Å². The molecule has 1 atom stereocenters. The van der Waals surface area contributed by atoms with Crippen LogP contribution in [0.1, 0.15) is 37.8 Å². The summed E-state index contributed by atoms with van der Waals surface area (Å²) in [7, 11) is 0. The number of rotatable bonds is 4. The first-order chi connectivity index (χ1) is 18.7. The molecule has 2 aromatic carbocycles. The minimum atomic E-state index is -0.611. The lowest BCUT2D eigenvalue weighted by Gasteiger charge is -2.43. The Bertz CT molecular complexity index is 1450. The predicted octanol–water partition coefficient (Wildman–Crippen LogP) is 5.94. The summed E-state index contributed by atoms with van der Waals surface area (Å²) in [5.41, 5.74) is 2.90. The van der Waals surface area contributed by atoms with Crippen molar-refractivity contribution < 1.29 is 14.3 Å². The van der Waals surface area contributed by atoms with Crippen LogP contribution in [0, 0.1) is 5.82 Å². The standard InChI is InChI=1S/C30H31ClFN5O2/c1-5-26(39)35-13-14-36(19(4)16-35)29-21-15-22(31)28(27-23(32)10-8-12-25(27)38)34-30(21)37(17-33-29)24-11-7-6-9-20(24)18(2)3/h5-12,15,18-19,38H,1,13-14,16-17H2,2-4H3. The zero-order chi connectivity index (χ0) is 27.8. The van der Waals surface area contributed by atoms with Crippen molar-refractivity contribution in [1.29, 1.82) is 0 Å². The summed E-state index contributed by atoms with van der Waals surface area (Å²) in [6, 6.07) is 13.9. The highest BCUT2D eigenvalue weighted by Crippen LogP contribution is 2.42. The maximum absolute atomic E-state index is 14.9. The number of hydrogen-bond donors (Lipinski definition) is 1. The number of halogens is 2. The monoisotopic (exact) mass is 547 g/mol. The van der Waals surface area contributed by atoms with Crippen molar-refractivity contribution in [3.05, 3.63) is 83.2 Å². The first kappa shape index (κ1) is 26.7. The van der Waals surface area contributed by atoms with E-state index in [-0.39, 0.29) is 39.9 Å². The van der Waals surface area contributed by atoms with Gasteiger partial charge in [0, 0.05) is 31.4 Å². The van der Waals surface area contributed by atoms with E-state index in [2.05, 4.69) is 31.4 Å². The third-order valence-electron chi connectivity index (χ3n) is 7.28. The number of amidine groups is 1. The molecule has 1 N–H and O–H groups in total. The number of para-hydroxylation sites is 1. The van der Waals surface area contributed by atoms with E-state index in [0.29, 0.717) is 37.7 Å². The highest BCUT2D eigenvalue weighted by atomic mass is 35.5. The van der Waals surface area contributed by atoms with Gasteiger partial charge >= 0.3 is 0 Å². The number of pyridine rings is 1. The van der Waals surface area contributed by atoms with Crippen molar-refractivity contribution in [2.24, 2.45) is 4.99 Å². The Kier molecular flexibility index (Phi) is 7.32. The number of aromatic hydroxyl groups is 1. The van der Waals surface area contributed by atoms with Crippen LogP contribution in [0.15, 0.2) is 66.2 Å². The average Bonchev–Trinajstić information content (AvgIpc) is 2.92. The Hall–Kier alpha value is -3.91. The fraction of sp³-hybridized carbons (Fsp3) is 0.300. The van der Waals surface area contributed by atoms with E-state index in [1.165, 1.54) is 24.3 Å². The first-order valence-electron chi connectivity index (χ1n) is 13.0. The highest BCUT2D eigenvalue weighted by molar-refractivity contribution is 6.33. The molecule has 1 unspecified atom stereocenters. The number of phenols is 1. The summed E-state index contributed by atoms with van der Waals surface area (Å²) in [5, 5.41) is 10.7. The Morgan fingerprint density at radius 3 is 2.67 bits per heavy atom. The number of phenolic OH excluding ortho intramolecular Hbond substituents is 1. The van der Waals surface area contributed by atoms with Crippen molar-refractivity contribution in [3.8, 4) is 17.0 Å². The summed E-state index contributed by atoms with van der Waals surface area (Å²) < 4.78 is 14.9. The minimum absolute atomic E-state index is 0.0159. The second kappa shape index (κ2) is 10.7. The fourth-order valence-corrected chi connectivity index (χ4v) is 5.57. The summed E-state index contributed by atoms with van der Waals surface area (Å²) in [6.45, 7) is 11.8. The second-order valence-electron chi connectivity index (χ2n) is 10.1. The summed E-state index contributed by atoms with van der Waals surface area (Å²) in [6.07, 6.45) is 1.34. The summed E-state index contributed by atoms with van der Waals surface area (Å²) >= 11 is 6.74. The number of carbonyl (C=O) groups excluding carboxylic acids is 1. The number of benzene rings is 2. The smallest absolute Gasteiger partial charge is 0.246 e. The third-order valence-corrected chi connectivity index (χ3v) is 7.57. The molecule has 7 nitrogen and oxygen atoms in total. The lowest BCUT2D eigenvalue weighted by Crippen LogP contribution is -2.56. The van der Waals surface area contributed by atoms with Crippen molar-refractivity contribution in [1.82, 2.24) is 14.8 Å². The number of piperazine rings is 1. The zero-order valence-corrected chi connectivity index (χ0v) is 23.0. The molecule has 202 valence electrons. The molecule has 3 heterocycles. The fourth-order valence-electron chi connectivity index (χ4n) is 5.32. The van der Waals surface area contributed by atoms with Crippen molar-refractivity contribution >= 4 is 34.8 Å². The Balaban J connectivity index is 1.66.